The molecular formula is C22H24FNO3. The Morgan fingerprint density at radius 2 is 1.52 bits per heavy atom. The first kappa shape index (κ1) is 19.1. The predicted molar refractivity (Wildman–Crippen MR) is 100 cm³/mol. The Balaban J connectivity index is 1.78. The van der Waals surface area contributed by atoms with Gasteiger partial charge in [-0.3, -0.25) is 9.59 Å². The molecule has 1 fully saturated rings. The molecule has 0 spiro atoms. The number of rotatable bonds is 6. The van der Waals surface area contributed by atoms with E-state index in [9.17, 15) is 19.1 Å². The van der Waals surface area contributed by atoms with Gasteiger partial charge in [-0.2, -0.15) is 0 Å². The molecule has 1 N–H and O–H groups in total. The highest BCUT2D eigenvalue weighted by atomic mass is 19.1. The van der Waals surface area contributed by atoms with E-state index >= 15 is 0 Å². The molecule has 0 aliphatic heterocycles. The lowest BCUT2D eigenvalue weighted by molar-refractivity contribution is -0.145. The van der Waals surface area contributed by atoms with Gasteiger partial charge in [0.25, 0.3) is 0 Å². The first-order valence-electron chi connectivity index (χ1n) is 9.33. The number of carboxylic acid groups (broad SMARTS) is 1. The molecule has 5 heteroatoms. The highest BCUT2D eigenvalue weighted by molar-refractivity contribution is 5.80. The summed E-state index contributed by atoms with van der Waals surface area (Å²) < 4.78 is 13.2. The Hall–Kier alpha value is -2.69. The Morgan fingerprint density at radius 3 is 2.15 bits per heavy atom. The summed E-state index contributed by atoms with van der Waals surface area (Å²) in [6.07, 6.45) is 2.50. The van der Waals surface area contributed by atoms with Crippen LogP contribution in [-0.2, 0) is 22.7 Å². The fourth-order valence-electron chi connectivity index (χ4n) is 3.72. The summed E-state index contributed by atoms with van der Waals surface area (Å²) in [5.41, 5.74) is 1.87. The van der Waals surface area contributed by atoms with Crippen molar-refractivity contribution in [1.29, 1.82) is 0 Å². The topological polar surface area (TPSA) is 57.6 Å². The zero-order chi connectivity index (χ0) is 19.2. The van der Waals surface area contributed by atoms with E-state index in [0.29, 0.717) is 25.9 Å². The maximum Gasteiger partial charge on any atom is 0.306 e. The zero-order valence-electron chi connectivity index (χ0n) is 15.2. The van der Waals surface area contributed by atoms with E-state index in [2.05, 4.69) is 0 Å². The third-order valence-corrected chi connectivity index (χ3v) is 5.19. The highest BCUT2D eigenvalue weighted by Crippen LogP contribution is 2.31. The molecule has 1 saturated carbocycles. The summed E-state index contributed by atoms with van der Waals surface area (Å²) in [6.45, 7) is 0.827. The molecule has 0 aromatic heterocycles. The van der Waals surface area contributed by atoms with Gasteiger partial charge < -0.3 is 10.0 Å². The van der Waals surface area contributed by atoms with Crippen LogP contribution in [0.25, 0.3) is 0 Å². The quantitative estimate of drug-likeness (QED) is 0.828. The third-order valence-electron chi connectivity index (χ3n) is 5.19. The first-order valence-corrected chi connectivity index (χ1v) is 9.33. The van der Waals surface area contributed by atoms with Gasteiger partial charge in [0, 0.05) is 19.0 Å². The standard InChI is InChI=1S/C22H24FNO3/c23-20-11-9-17(10-12-20)15-24(14-16-5-2-1-3-6-16)21(25)18-7-4-8-19(13-18)22(26)27/h1-3,5-6,9-12,18-19H,4,7-8,13-15H2,(H,26,27). The van der Waals surface area contributed by atoms with E-state index in [4.69, 9.17) is 0 Å². The summed E-state index contributed by atoms with van der Waals surface area (Å²) in [6, 6.07) is 15.9. The van der Waals surface area contributed by atoms with Crippen molar-refractivity contribution in [2.75, 3.05) is 0 Å². The average molecular weight is 369 g/mol. The molecule has 0 heterocycles. The van der Waals surface area contributed by atoms with Gasteiger partial charge in [-0.1, -0.05) is 48.9 Å². The molecule has 4 nitrogen and oxygen atoms in total. The van der Waals surface area contributed by atoms with Crippen LogP contribution < -0.4 is 0 Å². The third kappa shape index (κ3) is 5.16. The van der Waals surface area contributed by atoms with Crippen LogP contribution in [-0.4, -0.2) is 21.9 Å². The monoisotopic (exact) mass is 369 g/mol. The van der Waals surface area contributed by atoms with Crippen LogP contribution in [0.3, 0.4) is 0 Å². The number of amides is 1. The van der Waals surface area contributed by atoms with Crippen molar-refractivity contribution >= 4 is 11.9 Å². The van der Waals surface area contributed by atoms with Crippen LogP contribution in [0, 0.1) is 17.7 Å². The van der Waals surface area contributed by atoms with Gasteiger partial charge in [0.15, 0.2) is 0 Å². The lowest BCUT2D eigenvalue weighted by Gasteiger charge is -2.31. The number of carboxylic acids is 1. The zero-order valence-corrected chi connectivity index (χ0v) is 15.2. The van der Waals surface area contributed by atoms with Crippen LogP contribution in [0.1, 0.15) is 36.8 Å². The van der Waals surface area contributed by atoms with E-state index in [1.165, 1.54) is 12.1 Å². The fraction of sp³-hybridized carbons (Fsp3) is 0.364. The van der Waals surface area contributed by atoms with Crippen molar-refractivity contribution in [2.45, 2.75) is 38.8 Å². The number of carbonyl (C=O) groups excluding carboxylic acids is 1. The van der Waals surface area contributed by atoms with Crippen molar-refractivity contribution in [2.24, 2.45) is 11.8 Å². The molecule has 1 aliphatic carbocycles. The minimum Gasteiger partial charge on any atom is -0.481 e. The van der Waals surface area contributed by atoms with Gasteiger partial charge in [0.2, 0.25) is 5.91 Å². The molecule has 0 saturated heterocycles. The molecule has 0 bridgehead atoms. The van der Waals surface area contributed by atoms with Crippen molar-refractivity contribution in [1.82, 2.24) is 4.90 Å². The van der Waals surface area contributed by atoms with Crippen molar-refractivity contribution < 1.29 is 19.1 Å². The molecule has 2 atom stereocenters. The highest BCUT2D eigenvalue weighted by Gasteiger charge is 2.33. The van der Waals surface area contributed by atoms with E-state index in [1.807, 2.05) is 30.3 Å². The molecule has 2 aromatic carbocycles. The van der Waals surface area contributed by atoms with Crippen molar-refractivity contribution in [3.05, 3.63) is 71.5 Å². The minimum absolute atomic E-state index is 0.0193. The summed E-state index contributed by atoms with van der Waals surface area (Å²) in [5.74, 6) is -1.87. The van der Waals surface area contributed by atoms with Crippen LogP contribution in [0.2, 0.25) is 0 Å². The molecule has 3 rings (SSSR count). The van der Waals surface area contributed by atoms with Gasteiger partial charge >= 0.3 is 5.97 Å². The van der Waals surface area contributed by atoms with Gasteiger partial charge in [-0.25, -0.2) is 4.39 Å². The maximum absolute atomic E-state index is 13.2. The molecule has 1 amide bonds. The van der Waals surface area contributed by atoms with E-state index in [1.54, 1.807) is 17.0 Å². The van der Waals surface area contributed by atoms with Crippen LogP contribution in [0.4, 0.5) is 4.39 Å². The van der Waals surface area contributed by atoms with Crippen molar-refractivity contribution in [3.63, 3.8) is 0 Å². The molecule has 27 heavy (non-hydrogen) atoms. The second-order valence-electron chi connectivity index (χ2n) is 7.21. The second-order valence-corrected chi connectivity index (χ2v) is 7.21. The SMILES string of the molecule is O=C(O)C1CCCC(C(=O)N(Cc2ccccc2)Cc2ccc(F)cc2)C1. The number of carbonyl (C=O) groups is 2. The minimum atomic E-state index is -0.819. The van der Waals surface area contributed by atoms with Gasteiger partial charge in [0.05, 0.1) is 5.92 Å². The number of hydrogen-bond donors (Lipinski definition) is 1. The van der Waals surface area contributed by atoms with Gasteiger partial charge in [-0.15, -0.1) is 0 Å². The molecule has 142 valence electrons. The van der Waals surface area contributed by atoms with Crippen LogP contribution in [0.5, 0.6) is 0 Å². The Labute approximate surface area is 158 Å². The number of benzene rings is 2. The van der Waals surface area contributed by atoms with Crippen LogP contribution in [0.15, 0.2) is 54.6 Å². The lowest BCUT2D eigenvalue weighted by Crippen LogP contribution is -2.38. The first-order chi connectivity index (χ1) is 13.0. The summed E-state index contributed by atoms with van der Waals surface area (Å²) in [7, 11) is 0. The number of hydrogen-bond acceptors (Lipinski definition) is 2. The number of halogens is 1. The average Bonchev–Trinajstić information content (AvgIpc) is 2.69. The summed E-state index contributed by atoms with van der Waals surface area (Å²) in [4.78, 5) is 26.3. The van der Waals surface area contributed by atoms with Crippen molar-refractivity contribution in [3.8, 4) is 0 Å². The molecule has 2 aromatic rings. The fourth-order valence-corrected chi connectivity index (χ4v) is 3.72. The normalized spacial score (nSPS) is 19.4. The Morgan fingerprint density at radius 1 is 0.926 bits per heavy atom. The summed E-state index contributed by atoms with van der Waals surface area (Å²) >= 11 is 0. The maximum atomic E-state index is 13.2. The molecule has 1 aliphatic rings. The molecule has 2 unspecified atom stereocenters. The van der Waals surface area contributed by atoms with E-state index in [-0.39, 0.29) is 17.6 Å². The Bertz CT molecular complexity index is 776. The van der Waals surface area contributed by atoms with Gasteiger partial charge in [-0.05, 0) is 42.5 Å². The molecule has 0 radical (unpaired) electrons. The van der Waals surface area contributed by atoms with E-state index in [0.717, 1.165) is 24.0 Å². The summed E-state index contributed by atoms with van der Waals surface area (Å²) in [5, 5.41) is 9.31. The number of nitrogens with zero attached hydrogens (tertiary/aromatic N) is 1. The van der Waals surface area contributed by atoms with Gasteiger partial charge in [0.1, 0.15) is 5.82 Å². The Kier molecular flexibility index (Phi) is 6.22. The lowest BCUT2D eigenvalue weighted by atomic mass is 9.80. The van der Waals surface area contributed by atoms with Crippen LogP contribution >= 0.6 is 0 Å². The smallest absolute Gasteiger partial charge is 0.306 e. The second kappa shape index (κ2) is 8.80. The molecular weight excluding hydrogens is 345 g/mol. The predicted octanol–water partition coefficient (Wildman–Crippen LogP) is 4.25. The largest absolute Gasteiger partial charge is 0.481 e. The van der Waals surface area contributed by atoms with E-state index < -0.39 is 11.9 Å². The number of aliphatic carboxylic acids is 1.